The smallest absolute Gasteiger partial charge is 0.241 e. The molecule has 0 radical (unpaired) electrons. The molecule has 2 N–H and O–H groups in total. The van der Waals surface area contributed by atoms with E-state index in [2.05, 4.69) is 9.71 Å². The van der Waals surface area contributed by atoms with Gasteiger partial charge in [0, 0.05) is 22.6 Å². The number of benzene rings is 2. The van der Waals surface area contributed by atoms with Crippen LogP contribution in [0.3, 0.4) is 0 Å². The van der Waals surface area contributed by atoms with Gasteiger partial charge in [0.2, 0.25) is 10.0 Å². The van der Waals surface area contributed by atoms with E-state index < -0.39 is 10.0 Å². The highest BCUT2D eigenvalue weighted by Crippen LogP contribution is 2.30. The lowest BCUT2D eigenvalue weighted by molar-refractivity contribution is 0.414. The van der Waals surface area contributed by atoms with Gasteiger partial charge in [-0.25, -0.2) is 17.5 Å². The molecule has 0 saturated carbocycles. The fraction of sp³-hybridized carbons (Fsp3) is 0.300. The number of hydrogen-bond acceptors (Lipinski definition) is 3. The normalized spacial score (nSPS) is 17.1. The van der Waals surface area contributed by atoms with E-state index in [1.54, 1.807) is 38.3 Å². The van der Waals surface area contributed by atoms with Crippen molar-refractivity contribution in [1.82, 2.24) is 9.71 Å². The minimum atomic E-state index is -3.65. The number of rotatable bonds is 4. The van der Waals surface area contributed by atoms with Crippen molar-refractivity contribution in [2.45, 2.75) is 37.1 Å². The lowest BCUT2D eigenvalue weighted by Gasteiger charge is -2.24. The number of aromatic nitrogens is 1. The number of hydrogen-bond donors (Lipinski definition) is 2. The first-order valence-corrected chi connectivity index (χ1v) is 10.3. The highest BCUT2D eigenvalue weighted by molar-refractivity contribution is 7.89. The van der Waals surface area contributed by atoms with Gasteiger partial charge in [-0.15, -0.1) is 0 Å². The van der Waals surface area contributed by atoms with Crippen molar-refractivity contribution in [3.63, 3.8) is 0 Å². The number of methoxy groups -OCH3 is 1. The average Bonchev–Trinajstić information content (AvgIpc) is 2.98. The van der Waals surface area contributed by atoms with Crippen molar-refractivity contribution >= 4 is 20.9 Å². The number of H-pyrrole nitrogens is 1. The van der Waals surface area contributed by atoms with Gasteiger partial charge >= 0.3 is 0 Å². The van der Waals surface area contributed by atoms with Crippen molar-refractivity contribution in [2.24, 2.45) is 0 Å². The molecule has 1 aliphatic carbocycles. The molecule has 0 aliphatic heterocycles. The van der Waals surface area contributed by atoms with Crippen LogP contribution >= 0.6 is 0 Å². The molecule has 27 heavy (non-hydrogen) atoms. The molecule has 142 valence electrons. The zero-order chi connectivity index (χ0) is 19.2. The Kier molecular flexibility index (Phi) is 4.44. The summed E-state index contributed by atoms with van der Waals surface area (Å²) in [6, 6.07) is 9.34. The number of aromatic amines is 1. The molecule has 2 aromatic carbocycles. The molecule has 1 unspecified atom stereocenters. The van der Waals surface area contributed by atoms with Crippen molar-refractivity contribution in [3.8, 4) is 5.75 Å². The van der Waals surface area contributed by atoms with E-state index in [1.165, 1.54) is 12.1 Å². The monoisotopic (exact) mass is 388 g/mol. The molecular weight excluding hydrogens is 367 g/mol. The summed E-state index contributed by atoms with van der Waals surface area (Å²) in [5.74, 6) is 0.329. The number of halogens is 1. The van der Waals surface area contributed by atoms with Gasteiger partial charge in [0.1, 0.15) is 11.6 Å². The maximum atomic E-state index is 13.6. The lowest BCUT2D eigenvalue weighted by Crippen LogP contribution is -2.38. The minimum Gasteiger partial charge on any atom is -0.497 e. The Morgan fingerprint density at radius 1 is 1.22 bits per heavy atom. The highest BCUT2D eigenvalue weighted by Gasteiger charge is 2.27. The molecule has 1 aromatic heterocycles. The van der Waals surface area contributed by atoms with Gasteiger partial charge in [-0.2, -0.15) is 0 Å². The quantitative estimate of drug-likeness (QED) is 0.719. The number of nitrogens with one attached hydrogen (secondary N) is 2. The Morgan fingerprint density at radius 3 is 2.78 bits per heavy atom. The molecule has 1 atom stereocenters. The standard InChI is InChI=1S/C20H21FN2O3S/c1-12-9-15(26-2)5-8-20(12)27(24,25)23-14-4-7-19-17(11-14)16-10-13(21)3-6-18(16)22-19/h3,5-6,8-10,14,22-23H,4,7,11H2,1-2H3. The Bertz CT molecular complexity index is 1120. The Labute approximate surface area is 157 Å². The second-order valence-corrected chi connectivity index (χ2v) is 8.65. The van der Waals surface area contributed by atoms with Gasteiger partial charge in [-0.05, 0) is 73.7 Å². The van der Waals surface area contributed by atoms with E-state index in [-0.39, 0.29) is 16.8 Å². The third-order valence-corrected chi connectivity index (χ3v) is 6.82. The van der Waals surface area contributed by atoms with Crippen molar-refractivity contribution in [1.29, 1.82) is 0 Å². The molecule has 0 fully saturated rings. The van der Waals surface area contributed by atoms with Crippen LogP contribution in [0.2, 0.25) is 0 Å². The molecule has 0 spiro atoms. The fourth-order valence-electron chi connectivity index (χ4n) is 3.82. The highest BCUT2D eigenvalue weighted by atomic mass is 32.2. The first-order valence-electron chi connectivity index (χ1n) is 8.83. The number of ether oxygens (including phenoxy) is 1. The van der Waals surface area contributed by atoms with Crippen molar-refractivity contribution in [2.75, 3.05) is 7.11 Å². The van der Waals surface area contributed by atoms with Crippen LogP contribution in [-0.2, 0) is 22.9 Å². The summed E-state index contributed by atoms with van der Waals surface area (Å²) in [5.41, 5.74) is 3.57. The van der Waals surface area contributed by atoms with E-state index in [4.69, 9.17) is 4.74 Å². The van der Waals surface area contributed by atoms with Crippen molar-refractivity contribution < 1.29 is 17.5 Å². The van der Waals surface area contributed by atoms with Crippen molar-refractivity contribution in [3.05, 3.63) is 59.0 Å². The van der Waals surface area contributed by atoms with E-state index in [0.717, 1.165) is 28.6 Å². The van der Waals surface area contributed by atoms with Gasteiger partial charge in [-0.3, -0.25) is 0 Å². The van der Waals surface area contributed by atoms with E-state index in [9.17, 15) is 12.8 Å². The molecular formula is C20H21FN2O3S. The maximum Gasteiger partial charge on any atom is 0.241 e. The van der Waals surface area contributed by atoms with Crippen LogP contribution in [0.15, 0.2) is 41.3 Å². The number of sulfonamides is 1. The topological polar surface area (TPSA) is 71.2 Å². The lowest BCUT2D eigenvalue weighted by atomic mass is 9.92. The van der Waals surface area contributed by atoms with Crippen LogP contribution in [0.4, 0.5) is 4.39 Å². The van der Waals surface area contributed by atoms with Crippen LogP contribution in [0.5, 0.6) is 5.75 Å². The first-order chi connectivity index (χ1) is 12.9. The maximum absolute atomic E-state index is 13.6. The second kappa shape index (κ2) is 6.65. The van der Waals surface area contributed by atoms with Crippen LogP contribution in [-0.4, -0.2) is 26.6 Å². The summed E-state index contributed by atoms with van der Waals surface area (Å²) >= 11 is 0. The molecule has 0 bridgehead atoms. The predicted octanol–water partition coefficient (Wildman–Crippen LogP) is 3.46. The molecule has 4 rings (SSSR count). The Hall–Kier alpha value is -2.38. The number of aryl methyl sites for hydroxylation is 2. The molecule has 7 heteroatoms. The summed E-state index contributed by atoms with van der Waals surface area (Å²) in [7, 11) is -2.11. The SMILES string of the molecule is COc1ccc(S(=O)(=O)NC2CCc3[nH]c4ccc(F)cc4c3C2)c(C)c1. The third kappa shape index (κ3) is 3.33. The Balaban J connectivity index is 1.61. The average molecular weight is 388 g/mol. The van der Waals surface area contributed by atoms with Gasteiger partial charge in [-0.1, -0.05) is 0 Å². The van der Waals surface area contributed by atoms with E-state index in [1.807, 2.05) is 0 Å². The minimum absolute atomic E-state index is 0.230. The fourth-order valence-corrected chi connectivity index (χ4v) is 5.32. The molecule has 3 aromatic rings. The van der Waals surface area contributed by atoms with Gasteiger partial charge < -0.3 is 9.72 Å². The first kappa shape index (κ1) is 18.0. The molecule has 1 aliphatic rings. The Morgan fingerprint density at radius 2 is 2.04 bits per heavy atom. The zero-order valence-corrected chi connectivity index (χ0v) is 16.0. The molecule has 0 saturated heterocycles. The summed E-state index contributed by atoms with van der Waals surface area (Å²) < 4.78 is 47.4. The van der Waals surface area contributed by atoms with Gasteiger partial charge in [0.05, 0.1) is 12.0 Å². The summed E-state index contributed by atoms with van der Waals surface area (Å²) in [6.45, 7) is 1.75. The second-order valence-electron chi connectivity index (χ2n) is 6.96. The predicted molar refractivity (Wildman–Crippen MR) is 102 cm³/mol. The van der Waals surface area contributed by atoms with E-state index >= 15 is 0 Å². The molecule has 5 nitrogen and oxygen atoms in total. The largest absolute Gasteiger partial charge is 0.497 e. The number of fused-ring (bicyclic) bond motifs is 3. The van der Waals surface area contributed by atoms with Crippen LogP contribution in [0.25, 0.3) is 10.9 Å². The van der Waals surface area contributed by atoms with Crippen LogP contribution in [0, 0.1) is 12.7 Å². The van der Waals surface area contributed by atoms with E-state index in [0.29, 0.717) is 24.2 Å². The van der Waals surface area contributed by atoms with Crippen LogP contribution < -0.4 is 9.46 Å². The summed E-state index contributed by atoms with van der Waals surface area (Å²) in [4.78, 5) is 3.57. The molecule has 0 amide bonds. The van der Waals surface area contributed by atoms with Gasteiger partial charge in [0.15, 0.2) is 0 Å². The summed E-state index contributed by atoms with van der Waals surface area (Å²) in [6.07, 6.45) is 1.95. The van der Waals surface area contributed by atoms with Gasteiger partial charge in [0.25, 0.3) is 0 Å². The molecule has 1 heterocycles. The van der Waals surface area contributed by atoms with Crippen LogP contribution in [0.1, 0.15) is 23.2 Å². The summed E-state index contributed by atoms with van der Waals surface area (Å²) in [5, 5.41) is 0.828. The zero-order valence-electron chi connectivity index (χ0n) is 15.2. The third-order valence-electron chi connectivity index (χ3n) is 5.14.